The van der Waals surface area contributed by atoms with Gasteiger partial charge in [0.1, 0.15) is 5.75 Å². The molecule has 1 aromatic heterocycles. The molecule has 0 bridgehead atoms. The fourth-order valence-corrected chi connectivity index (χ4v) is 3.43. The number of aromatic amines is 1. The number of nitrogens with zero attached hydrogens (tertiary/aromatic N) is 2. The zero-order chi connectivity index (χ0) is 19.4. The highest BCUT2D eigenvalue weighted by Crippen LogP contribution is 2.21. The molecule has 0 saturated heterocycles. The lowest BCUT2D eigenvalue weighted by molar-refractivity contribution is 0.0690. The normalized spacial score (nSPS) is 13.9. The summed E-state index contributed by atoms with van der Waals surface area (Å²) in [6.45, 7) is 9.45. The van der Waals surface area contributed by atoms with Crippen molar-refractivity contribution in [3.8, 4) is 5.75 Å². The Morgan fingerprint density at radius 2 is 2.00 bits per heavy atom. The molecule has 0 radical (unpaired) electrons. The molecule has 1 aliphatic heterocycles. The van der Waals surface area contributed by atoms with Crippen LogP contribution in [0, 0.1) is 5.41 Å². The molecule has 1 amide bonds. The van der Waals surface area contributed by atoms with Crippen LogP contribution in [0.1, 0.15) is 48.1 Å². The minimum Gasteiger partial charge on any atom is -0.497 e. The Bertz CT molecular complexity index is 774. The van der Waals surface area contributed by atoms with Gasteiger partial charge in [-0.25, -0.2) is 0 Å². The number of aromatic nitrogens is 2. The minimum absolute atomic E-state index is 0.0136. The summed E-state index contributed by atoms with van der Waals surface area (Å²) in [7, 11) is 1.66. The molecule has 6 nitrogen and oxygen atoms in total. The van der Waals surface area contributed by atoms with Crippen molar-refractivity contribution in [1.29, 1.82) is 0 Å². The zero-order valence-corrected chi connectivity index (χ0v) is 16.8. The quantitative estimate of drug-likeness (QED) is 0.820. The van der Waals surface area contributed by atoms with Crippen LogP contribution in [0.15, 0.2) is 24.3 Å². The third kappa shape index (κ3) is 4.89. The number of benzene rings is 1. The fraction of sp³-hybridized carbons (Fsp3) is 0.524. The lowest BCUT2D eigenvalue weighted by Gasteiger charge is -2.30. The van der Waals surface area contributed by atoms with E-state index in [-0.39, 0.29) is 11.3 Å². The average Bonchev–Trinajstić information content (AvgIpc) is 3.08. The van der Waals surface area contributed by atoms with Gasteiger partial charge in [0.15, 0.2) is 5.69 Å². The molecule has 2 aromatic rings. The number of nitrogens with one attached hydrogen (secondary N) is 2. The third-order valence-corrected chi connectivity index (χ3v) is 4.79. The van der Waals surface area contributed by atoms with Crippen molar-refractivity contribution < 1.29 is 9.53 Å². The van der Waals surface area contributed by atoms with Gasteiger partial charge in [0, 0.05) is 43.9 Å². The van der Waals surface area contributed by atoms with E-state index in [2.05, 4.69) is 48.4 Å². The number of ether oxygens (including phenoxy) is 1. The minimum atomic E-state index is 0.0136. The van der Waals surface area contributed by atoms with E-state index in [1.165, 1.54) is 5.56 Å². The van der Waals surface area contributed by atoms with Gasteiger partial charge >= 0.3 is 0 Å². The largest absolute Gasteiger partial charge is 0.497 e. The molecule has 0 spiro atoms. The lowest BCUT2D eigenvalue weighted by atomic mass is 9.95. The van der Waals surface area contributed by atoms with Crippen LogP contribution < -0.4 is 10.1 Å². The molecule has 146 valence electrons. The Morgan fingerprint density at radius 1 is 1.26 bits per heavy atom. The predicted molar refractivity (Wildman–Crippen MR) is 106 cm³/mol. The molecule has 0 aliphatic carbocycles. The first-order chi connectivity index (χ1) is 12.9. The lowest BCUT2D eigenvalue weighted by Crippen LogP contribution is -2.40. The number of hydrogen-bond donors (Lipinski definition) is 2. The molecule has 6 heteroatoms. The summed E-state index contributed by atoms with van der Waals surface area (Å²) in [6.07, 6.45) is 1.69. The van der Waals surface area contributed by atoms with E-state index in [0.717, 1.165) is 36.4 Å². The molecule has 0 unspecified atom stereocenters. The first-order valence-corrected chi connectivity index (χ1v) is 9.56. The molecular formula is C21H30N4O2. The molecule has 27 heavy (non-hydrogen) atoms. The van der Waals surface area contributed by atoms with Crippen LogP contribution in [0.5, 0.6) is 5.75 Å². The van der Waals surface area contributed by atoms with Crippen LogP contribution >= 0.6 is 0 Å². The smallest absolute Gasteiger partial charge is 0.274 e. The highest BCUT2D eigenvalue weighted by Gasteiger charge is 2.28. The number of methoxy groups -OCH3 is 1. The molecule has 0 fully saturated rings. The Balaban J connectivity index is 1.76. The predicted octanol–water partition coefficient (Wildman–Crippen LogP) is 2.80. The van der Waals surface area contributed by atoms with Crippen molar-refractivity contribution in [1.82, 2.24) is 20.4 Å². The van der Waals surface area contributed by atoms with Gasteiger partial charge in [0.25, 0.3) is 5.91 Å². The Labute approximate surface area is 161 Å². The van der Waals surface area contributed by atoms with Gasteiger partial charge in [-0.3, -0.25) is 9.89 Å². The van der Waals surface area contributed by atoms with Gasteiger partial charge in [-0.05, 0) is 29.5 Å². The van der Waals surface area contributed by atoms with Crippen molar-refractivity contribution in [3.63, 3.8) is 0 Å². The molecule has 3 rings (SSSR count). The van der Waals surface area contributed by atoms with E-state index in [0.29, 0.717) is 25.3 Å². The van der Waals surface area contributed by atoms with E-state index in [4.69, 9.17) is 4.74 Å². The van der Waals surface area contributed by atoms with E-state index >= 15 is 0 Å². The summed E-state index contributed by atoms with van der Waals surface area (Å²) in [5.41, 5.74) is 3.88. The molecule has 1 aliphatic rings. The summed E-state index contributed by atoms with van der Waals surface area (Å²) in [5.74, 6) is 0.858. The van der Waals surface area contributed by atoms with E-state index in [1.54, 1.807) is 7.11 Å². The maximum Gasteiger partial charge on any atom is 0.274 e. The number of hydrogen-bond acceptors (Lipinski definition) is 4. The van der Waals surface area contributed by atoms with Crippen molar-refractivity contribution in [2.45, 2.75) is 40.2 Å². The van der Waals surface area contributed by atoms with Crippen molar-refractivity contribution in [2.75, 3.05) is 26.7 Å². The monoisotopic (exact) mass is 370 g/mol. The molecule has 0 saturated carbocycles. The maximum atomic E-state index is 13.3. The zero-order valence-electron chi connectivity index (χ0n) is 16.8. The second kappa shape index (κ2) is 8.13. The standard InChI is InChI=1S/C21H30N4O2/c1-21(2,3)14-25(12-10-15-5-7-16(27-4)8-6-15)20(26)19-17-13-22-11-9-18(17)23-24-19/h5-8,22H,9-14H2,1-4H3,(H,23,24). The molecule has 1 aromatic carbocycles. The SMILES string of the molecule is COc1ccc(CCN(CC(C)(C)C)C(=O)c2n[nH]c3c2CNCC3)cc1. The molecule has 0 atom stereocenters. The number of amides is 1. The third-order valence-electron chi connectivity index (χ3n) is 4.79. The summed E-state index contributed by atoms with van der Waals surface area (Å²) in [5, 5.41) is 10.7. The average molecular weight is 370 g/mol. The maximum absolute atomic E-state index is 13.3. The first kappa shape index (κ1) is 19.4. The van der Waals surface area contributed by atoms with Crippen LogP contribution in [0.2, 0.25) is 0 Å². The van der Waals surface area contributed by atoms with Crippen LogP contribution in [-0.4, -0.2) is 47.7 Å². The Kier molecular flexibility index (Phi) is 5.85. The summed E-state index contributed by atoms with van der Waals surface area (Å²) in [6, 6.07) is 8.03. The van der Waals surface area contributed by atoms with Gasteiger partial charge in [0.2, 0.25) is 0 Å². The van der Waals surface area contributed by atoms with Crippen LogP contribution in [-0.2, 0) is 19.4 Å². The number of rotatable bonds is 6. The Morgan fingerprint density at radius 3 is 2.67 bits per heavy atom. The van der Waals surface area contributed by atoms with Gasteiger partial charge in [-0.1, -0.05) is 32.9 Å². The van der Waals surface area contributed by atoms with Gasteiger partial charge < -0.3 is 15.0 Å². The molecule has 2 heterocycles. The number of fused-ring (bicyclic) bond motifs is 1. The van der Waals surface area contributed by atoms with Crippen LogP contribution in [0.4, 0.5) is 0 Å². The van der Waals surface area contributed by atoms with Gasteiger partial charge in [0.05, 0.1) is 7.11 Å². The highest BCUT2D eigenvalue weighted by atomic mass is 16.5. The Hall–Kier alpha value is -2.34. The number of carbonyl (C=O) groups excluding carboxylic acids is 1. The highest BCUT2D eigenvalue weighted by molar-refractivity contribution is 5.94. The second-order valence-electron chi connectivity index (χ2n) is 8.34. The first-order valence-electron chi connectivity index (χ1n) is 9.56. The van der Waals surface area contributed by atoms with Gasteiger partial charge in [-0.2, -0.15) is 5.10 Å². The number of H-pyrrole nitrogens is 1. The van der Waals surface area contributed by atoms with Crippen molar-refractivity contribution >= 4 is 5.91 Å². The van der Waals surface area contributed by atoms with E-state index in [1.807, 2.05) is 17.0 Å². The van der Waals surface area contributed by atoms with Gasteiger partial charge in [-0.15, -0.1) is 0 Å². The van der Waals surface area contributed by atoms with E-state index in [9.17, 15) is 4.79 Å². The van der Waals surface area contributed by atoms with Crippen LogP contribution in [0.3, 0.4) is 0 Å². The topological polar surface area (TPSA) is 70.2 Å². The summed E-state index contributed by atoms with van der Waals surface area (Å²) in [4.78, 5) is 15.2. The number of carbonyl (C=O) groups is 1. The van der Waals surface area contributed by atoms with E-state index < -0.39 is 0 Å². The molecule has 2 N–H and O–H groups in total. The summed E-state index contributed by atoms with van der Waals surface area (Å²) < 4.78 is 5.22. The fourth-order valence-electron chi connectivity index (χ4n) is 3.43. The summed E-state index contributed by atoms with van der Waals surface area (Å²) >= 11 is 0. The van der Waals surface area contributed by atoms with Crippen LogP contribution in [0.25, 0.3) is 0 Å². The second-order valence-corrected chi connectivity index (χ2v) is 8.34. The molecular weight excluding hydrogens is 340 g/mol. The van der Waals surface area contributed by atoms with Crippen molar-refractivity contribution in [3.05, 3.63) is 46.8 Å². The van der Waals surface area contributed by atoms with Crippen molar-refractivity contribution in [2.24, 2.45) is 5.41 Å².